The Balaban J connectivity index is 1.27. The van der Waals surface area contributed by atoms with Gasteiger partial charge in [0.2, 0.25) is 5.91 Å². The van der Waals surface area contributed by atoms with Crippen LogP contribution in [0.3, 0.4) is 0 Å². The zero-order chi connectivity index (χ0) is 27.2. The van der Waals surface area contributed by atoms with Crippen molar-refractivity contribution in [3.8, 4) is 0 Å². The molecule has 0 saturated carbocycles. The van der Waals surface area contributed by atoms with Gasteiger partial charge in [0.15, 0.2) is 9.84 Å². The molecule has 1 fully saturated rings. The molecule has 2 aromatic carbocycles. The molecule has 3 aromatic rings. The Bertz CT molecular complexity index is 1550. The maximum atomic E-state index is 13.3. The van der Waals surface area contributed by atoms with E-state index in [-0.39, 0.29) is 30.1 Å². The third-order valence-corrected chi connectivity index (χ3v) is 9.09. The van der Waals surface area contributed by atoms with Gasteiger partial charge in [0, 0.05) is 24.2 Å². The molecule has 2 aliphatic rings. The number of nitrogens with zero attached hydrogens (tertiary/aromatic N) is 4. The van der Waals surface area contributed by atoms with Gasteiger partial charge < -0.3 is 20.2 Å². The van der Waals surface area contributed by atoms with E-state index in [2.05, 4.69) is 10.3 Å². The van der Waals surface area contributed by atoms with Gasteiger partial charge in [-0.2, -0.15) is 0 Å². The average Bonchev–Trinajstić information content (AvgIpc) is 3.41. The van der Waals surface area contributed by atoms with E-state index < -0.39 is 33.6 Å². The van der Waals surface area contributed by atoms with Gasteiger partial charge in [0.1, 0.15) is 11.9 Å². The van der Waals surface area contributed by atoms with Crippen molar-refractivity contribution >= 4 is 50.2 Å². The van der Waals surface area contributed by atoms with Crippen LogP contribution in [-0.4, -0.2) is 81.8 Å². The highest BCUT2D eigenvalue weighted by molar-refractivity contribution is 7.91. The Labute approximate surface area is 223 Å². The monoisotopic (exact) mass is 559 g/mol. The molecule has 38 heavy (non-hydrogen) atoms. The van der Waals surface area contributed by atoms with E-state index in [1.54, 1.807) is 46.9 Å². The number of carbonyl (C=O) groups is 3. The summed E-state index contributed by atoms with van der Waals surface area (Å²) in [6.07, 6.45) is 1.18. The normalized spacial score (nSPS) is 17.1. The number of hydrogen-bond donors (Lipinski definition) is 2. The highest BCUT2D eigenvalue weighted by Gasteiger charge is 2.38. The average molecular weight is 560 g/mol. The molecule has 0 unspecified atom stereocenters. The van der Waals surface area contributed by atoms with Crippen molar-refractivity contribution in [1.29, 1.82) is 0 Å². The summed E-state index contributed by atoms with van der Waals surface area (Å²) in [5, 5.41) is 13.3. The van der Waals surface area contributed by atoms with Crippen LogP contribution < -0.4 is 5.32 Å². The second-order valence-electron chi connectivity index (χ2n) is 9.54. The van der Waals surface area contributed by atoms with Crippen molar-refractivity contribution in [3.63, 3.8) is 0 Å². The lowest BCUT2D eigenvalue weighted by Gasteiger charge is -2.37. The first-order chi connectivity index (χ1) is 18.0. The van der Waals surface area contributed by atoms with Gasteiger partial charge in [0.05, 0.1) is 29.1 Å². The quantitative estimate of drug-likeness (QED) is 0.473. The lowest BCUT2D eigenvalue weighted by Crippen LogP contribution is -2.55. The van der Waals surface area contributed by atoms with Crippen molar-refractivity contribution in [2.45, 2.75) is 43.3 Å². The molecule has 0 spiro atoms. The fourth-order valence-electron chi connectivity index (χ4n) is 5.17. The summed E-state index contributed by atoms with van der Waals surface area (Å²) in [7, 11) is -4.02. The van der Waals surface area contributed by atoms with Gasteiger partial charge in [-0.1, -0.05) is 23.7 Å². The molecule has 0 bridgehead atoms. The zero-order valence-electron chi connectivity index (χ0n) is 20.5. The molecule has 3 heterocycles. The number of carbonyl (C=O) groups excluding carboxylic acids is 2. The summed E-state index contributed by atoms with van der Waals surface area (Å²) in [6.45, 7) is 2.75. The van der Waals surface area contributed by atoms with Gasteiger partial charge in [-0.15, -0.1) is 0 Å². The van der Waals surface area contributed by atoms with Crippen molar-refractivity contribution in [2.75, 3.05) is 18.8 Å². The number of likely N-dealkylation sites (tertiary alicyclic amines) is 1. The molecule has 1 aromatic heterocycles. The molecule has 5 rings (SSSR count). The first-order valence-corrected chi connectivity index (χ1v) is 14.1. The smallest absolute Gasteiger partial charge is 0.405 e. The van der Waals surface area contributed by atoms with E-state index in [9.17, 15) is 27.9 Å². The predicted molar refractivity (Wildman–Crippen MR) is 139 cm³/mol. The number of halogens is 1. The summed E-state index contributed by atoms with van der Waals surface area (Å²) in [4.78, 5) is 45.0. The van der Waals surface area contributed by atoms with Gasteiger partial charge in [-0.3, -0.25) is 9.36 Å². The van der Waals surface area contributed by atoms with Crippen LogP contribution in [0.2, 0.25) is 5.02 Å². The number of rotatable bonds is 6. The second kappa shape index (κ2) is 9.91. The van der Waals surface area contributed by atoms with Crippen LogP contribution in [0.15, 0.2) is 47.5 Å². The molecule has 13 heteroatoms. The number of imidazole rings is 1. The number of amides is 3. The van der Waals surface area contributed by atoms with Gasteiger partial charge in [-0.25, -0.2) is 23.0 Å². The first kappa shape index (κ1) is 26.0. The largest absolute Gasteiger partial charge is 0.465 e. The summed E-state index contributed by atoms with van der Waals surface area (Å²) in [6, 6.07) is 7.86. The highest BCUT2D eigenvalue weighted by atomic mass is 35.5. The molecule has 3 amide bonds. The number of piperidine rings is 1. The highest BCUT2D eigenvalue weighted by Crippen LogP contribution is 2.27. The van der Waals surface area contributed by atoms with Crippen LogP contribution in [0.25, 0.3) is 10.8 Å². The first-order valence-electron chi connectivity index (χ1n) is 12.1. The van der Waals surface area contributed by atoms with Crippen LogP contribution in [0.1, 0.15) is 24.4 Å². The zero-order valence-corrected chi connectivity index (χ0v) is 22.1. The van der Waals surface area contributed by atoms with Crippen LogP contribution in [-0.2, 0) is 21.2 Å². The molecule has 0 aliphatic carbocycles. The molecule has 11 nitrogen and oxygen atoms in total. The second-order valence-corrected chi connectivity index (χ2v) is 12.0. The summed E-state index contributed by atoms with van der Waals surface area (Å²) in [5.41, 5.74) is 0.818. The number of benzene rings is 2. The van der Waals surface area contributed by atoms with Crippen LogP contribution in [0.4, 0.5) is 9.59 Å². The number of aryl methyl sites for hydroxylation is 1. The topological polar surface area (TPSA) is 142 Å². The minimum atomic E-state index is -4.02. The molecule has 0 radical (unpaired) electrons. The minimum absolute atomic E-state index is 0.0164. The van der Waals surface area contributed by atoms with Gasteiger partial charge in [-0.05, 0) is 54.8 Å². The fraction of sp³-hybridized carbons (Fsp3) is 0.360. The maximum absolute atomic E-state index is 13.3. The van der Waals surface area contributed by atoms with E-state index in [1.165, 1.54) is 17.0 Å². The predicted octanol–water partition coefficient (Wildman–Crippen LogP) is 2.88. The minimum Gasteiger partial charge on any atom is -0.465 e. The van der Waals surface area contributed by atoms with Crippen LogP contribution in [0, 0.1) is 6.92 Å². The van der Waals surface area contributed by atoms with E-state index >= 15 is 0 Å². The molecule has 1 saturated heterocycles. The van der Waals surface area contributed by atoms with Crippen LogP contribution in [0.5, 0.6) is 0 Å². The summed E-state index contributed by atoms with van der Waals surface area (Å²) >= 11 is 6.00. The number of nitrogens with one attached hydrogen (secondary N) is 1. The molecule has 2 N–H and O–H groups in total. The third-order valence-electron chi connectivity index (χ3n) is 7.11. The van der Waals surface area contributed by atoms with Gasteiger partial charge >= 0.3 is 12.1 Å². The number of carboxylic acid groups (broad SMARTS) is 1. The number of fused-ring (bicyclic) bond motifs is 2. The SMILES string of the molecule is Cc1ncc2n1C(=O)N(C1CCN(C(=O)[C@H](CS(=O)(=O)c3ccc4cc(Cl)ccc4c3)NC(=O)O)CC1)C2. The molecule has 1 atom stereocenters. The van der Waals surface area contributed by atoms with Crippen molar-refractivity contribution in [2.24, 2.45) is 0 Å². The Morgan fingerprint density at radius 2 is 1.84 bits per heavy atom. The van der Waals surface area contributed by atoms with E-state index in [4.69, 9.17) is 11.6 Å². The van der Waals surface area contributed by atoms with Crippen molar-refractivity contribution in [1.82, 2.24) is 24.7 Å². The molecular formula is C25H26ClN5O6S. The third kappa shape index (κ3) is 4.93. The Morgan fingerprint density at radius 3 is 2.53 bits per heavy atom. The molecular weight excluding hydrogens is 534 g/mol. The van der Waals surface area contributed by atoms with Crippen molar-refractivity contribution in [3.05, 3.63) is 59.1 Å². The summed E-state index contributed by atoms with van der Waals surface area (Å²) < 4.78 is 28.0. The Morgan fingerprint density at radius 1 is 1.16 bits per heavy atom. The van der Waals surface area contributed by atoms with Gasteiger partial charge in [0.25, 0.3) is 0 Å². The maximum Gasteiger partial charge on any atom is 0.405 e. The van der Waals surface area contributed by atoms with Crippen LogP contribution >= 0.6 is 11.6 Å². The summed E-state index contributed by atoms with van der Waals surface area (Å²) in [5.74, 6) is -0.705. The number of hydrogen-bond acceptors (Lipinski definition) is 6. The van der Waals surface area contributed by atoms with E-state index in [0.29, 0.717) is 35.6 Å². The van der Waals surface area contributed by atoms with Crippen molar-refractivity contribution < 1.29 is 27.9 Å². The lowest BCUT2D eigenvalue weighted by molar-refractivity contribution is -0.134. The fourth-order valence-corrected chi connectivity index (χ4v) is 6.79. The Kier molecular flexibility index (Phi) is 6.78. The lowest BCUT2D eigenvalue weighted by atomic mass is 10.0. The Hall–Kier alpha value is -3.64. The number of sulfone groups is 1. The van der Waals surface area contributed by atoms with E-state index in [0.717, 1.165) is 11.1 Å². The van der Waals surface area contributed by atoms with E-state index in [1.807, 2.05) is 0 Å². The number of aromatic nitrogens is 2. The standard InChI is InChI=1S/C25H26ClN5O6S/c1-15-27-12-20-13-30(25(35)31(15)20)19-6-8-29(9-7-19)23(32)22(28-24(33)34)14-38(36,37)21-5-3-16-10-18(26)4-2-17(16)11-21/h2-5,10-12,19,22,28H,6-9,13-14H2,1H3,(H,33,34)/t22-/m0/s1. The molecule has 2 aliphatic heterocycles. The molecule has 200 valence electrons.